The number of fused-ring (bicyclic) bond motifs is 2. The van der Waals surface area contributed by atoms with Crippen molar-refractivity contribution < 1.29 is 9.47 Å². The van der Waals surface area contributed by atoms with Crippen LogP contribution >= 0.6 is 11.3 Å². The van der Waals surface area contributed by atoms with E-state index in [0.29, 0.717) is 6.79 Å². The van der Waals surface area contributed by atoms with Crippen LogP contribution in [-0.4, -0.2) is 18.3 Å². The predicted octanol–water partition coefficient (Wildman–Crippen LogP) is 3.68. The number of ether oxygens (including phenoxy) is 2. The molecule has 0 amide bonds. The van der Waals surface area contributed by atoms with Crippen LogP contribution in [0.25, 0.3) is 10.2 Å². The number of thiazole rings is 1. The molecule has 106 valence electrons. The van der Waals surface area contributed by atoms with Crippen LogP contribution < -0.4 is 14.8 Å². The minimum atomic E-state index is 0.300. The summed E-state index contributed by atoms with van der Waals surface area (Å²) in [5.41, 5.74) is 2.28. The second-order valence-corrected chi connectivity index (χ2v) is 5.89. The Labute approximate surface area is 126 Å². The Morgan fingerprint density at radius 3 is 2.76 bits per heavy atom. The highest BCUT2D eigenvalue weighted by molar-refractivity contribution is 7.22. The molecule has 21 heavy (non-hydrogen) atoms. The summed E-state index contributed by atoms with van der Waals surface area (Å²) in [5, 5.41) is 4.32. The molecule has 4 rings (SSSR count). The van der Waals surface area contributed by atoms with E-state index < -0.39 is 0 Å². The van der Waals surface area contributed by atoms with Gasteiger partial charge in [0.25, 0.3) is 0 Å². The fraction of sp³-hybridized carbons (Fsp3) is 0.188. The SMILES string of the molecule is c1ccc(CCNc2nc3cc4c(cc3s2)OCO4)cc1. The Hall–Kier alpha value is -2.27. The zero-order chi connectivity index (χ0) is 14.1. The summed E-state index contributed by atoms with van der Waals surface area (Å²) in [5.74, 6) is 1.59. The first kappa shape index (κ1) is 12.5. The largest absolute Gasteiger partial charge is 0.454 e. The van der Waals surface area contributed by atoms with Crippen LogP contribution in [0.4, 0.5) is 5.13 Å². The van der Waals surface area contributed by atoms with E-state index in [0.717, 1.165) is 39.8 Å². The topological polar surface area (TPSA) is 43.4 Å². The van der Waals surface area contributed by atoms with Gasteiger partial charge in [-0.2, -0.15) is 0 Å². The lowest BCUT2D eigenvalue weighted by Gasteiger charge is -2.02. The van der Waals surface area contributed by atoms with Gasteiger partial charge in [0.15, 0.2) is 16.6 Å². The average Bonchev–Trinajstić information content (AvgIpc) is 3.11. The molecule has 0 saturated heterocycles. The molecule has 0 saturated carbocycles. The molecule has 1 N–H and O–H groups in total. The highest BCUT2D eigenvalue weighted by atomic mass is 32.1. The van der Waals surface area contributed by atoms with Crippen molar-refractivity contribution in [2.45, 2.75) is 6.42 Å². The van der Waals surface area contributed by atoms with Crippen molar-refractivity contribution in [2.24, 2.45) is 0 Å². The van der Waals surface area contributed by atoms with E-state index >= 15 is 0 Å². The Morgan fingerprint density at radius 1 is 1.10 bits per heavy atom. The maximum Gasteiger partial charge on any atom is 0.231 e. The molecule has 0 fully saturated rings. The summed E-state index contributed by atoms with van der Waals surface area (Å²) in [6.45, 7) is 1.17. The van der Waals surface area contributed by atoms with Crippen LogP contribution in [0.1, 0.15) is 5.56 Å². The quantitative estimate of drug-likeness (QED) is 0.798. The smallest absolute Gasteiger partial charge is 0.231 e. The van der Waals surface area contributed by atoms with Gasteiger partial charge in [-0.05, 0) is 12.0 Å². The van der Waals surface area contributed by atoms with Crippen LogP contribution in [-0.2, 0) is 6.42 Å². The first-order valence-corrected chi connectivity index (χ1v) is 7.68. The second-order valence-electron chi connectivity index (χ2n) is 4.85. The number of hydrogen-bond donors (Lipinski definition) is 1. The van der Waals surface area contributed by atoms with E-state index in [1.807, 2.05) is 18.2 Å². The molecule has 0 bridgehead atoms. The standard InChI is InChI=1S/C16H14N2O2S/c1-2-4-11(5-3-1)6-7-17-16-18-12-8-13-14(20-10-19-13)9-15(12)21-16/h1-5,8-9H,6-7,10H2,(H,17,18). The van der Waals surface area contributed by atoms with Crippen LogP contribution in [0.15, 0.2) is 42.5 Å². The van der Waals surface area contributed by atoms with Crippen LogP contribution in [0.2, 0.25) is 0 Å². The zero-order valence-corrected chi connectivity index (χ0v) is 12.2. The van der Waals surface area contributed by atoms with Crippen molar-refractivity contribution in [1.29, 1.82) is 0 Å². The zero-order valence-electron chi connectivity index (χ0n) is 11.3. The van der Waals surface area contributed by atoms with Gasteiger partial charge < -0.3 is 14.8 Å². The molecule has 0 aliphatic carbocycles. The van der Waals surface area contributed by atoms with Gasteiger partial charge in [-0.3, -0.25) is 0 Å². The first-order chi connectivity index (χ1) is 10.4. The van der Waals surface area contributed by atoms with Gasteiger partial charge in [0.1, 0.15) is 0 Å². The van der Waals surface area contributed by atoms with Crippen molar-refractivity contribution >= 4 is 26.7 Å². The Bertz CT molecular complexity index is 730. The van der Waals surface area contributed by atoms with Gasteiger partial charge in [-0.25, -0.2) is 4.98 Å². The van der Waals surface area contributed by atoms with E-state index in [1.54, 1.807) is 11.3 Å². The Kier molecular flexibility index (Phi) is 3.12. The molecular weight excluding hydrogens is 284 g/mol. The summed E-state index contributed by atoms with van der Waals surface area (Å²) in [6.07, 6.45) is 0.986. The van der Waals surface area contributed by atoms with Crippen molar-refractivity contribution in [3.63, 3.8) is 0 Å². The molecule has 0 atom stereocenters. The van der Waals surface area contributed by atoms with Crippen molar-refractivity contribution in [1.82, 2.24) is 4.98 Å². The van der Waals surface area contributed by atoms with Crippen LogP contribution in [0.3, 0.4) is 0 Å². The van der Waals surface area contributed by atoms with Gasteiger partial charge >= 0.3 is 0 Å². The normalized spacial score (nSPS) is 12.8. The molecule has 2 aromatic carbocycles. The molecule has 5 heteroatoms. The number of nitrogens with one attached hydrogen (secondary N) is 1. The molecule has 1 aromatic heterocycles. The number of benzene rings is 2. The van der Waals surface area contributed by atoms with E-state index in [9.17, 15) is 0 Å². The van der Waals surface area contributed by atoms with Gasteiger partial charge in [-0.1, -0.05) is 41.7 Å². The number of nitrogens with zero attached hydrogens (tertiary/aromatic N) is 1. The minimum Gasteiger partial charge on any atom is -0.454 e. The molecule has 1 aliphatic heterocycles. The van der Waals surface area contributed by atoms with Gasteiger partial charge in [0, 0.05) is 18.7 Å². The van der Waals surface area contributed by atoms with Crippen molar-refractivity contribution in [2.75, 3.05) is 18.7 Å². The minimum absolute atomic E-state index is 0.300. The van der Waals surface area contributed by atoms with E-state index in [-0.39, 0.29) is 0 Å². The maximum absolute atomic E-state index is 5.39. The summed E-state index contributed by atoms with van der Waals surface area (Å²) in [7, 11) is 0. The van der Waals surface area contributed by atoms with E-state index in [4.69, 9.17) is 9.47 Å². The number of rotatable bonds is 4. The molecule has 1 aliphatic rings. The fourth-order valence-corrected chi connectivity index (χ4v) is 3.25. The lowest BCUT2D eigenvalue weighted by Crippen LogP contribution is -2.04. The summed E-state index contributed by atoms with van der Waals surface area (Å²) >= 11 is 1.64. The number of anilines is 1. The Morgan fingerprint density at radius 2 is 1.90 bits per heavy atom. The fourth-order valence-electron chi connectivity index (χ4n) is 2.35. The summed E-state index contributed by atoms with van der Waals surface area (Å²) in [4.78, 5) is 4.59. The number of aromatic nitrogens is 1. The van der Waals surface area contributed by atoms with Gasteiger partial charge in [0.05, 0.1) is 10.2 Å². The lowest BCUT2D eigenvalue weighted by molar-refractivity contribution is 0.174. The number of hydrogen-bond acceptors (Lipinski definition) is 5. The van der Waals surface area contributed by atoms with Gasteiger partial charge in [0.2, 0.25) is 6.79 Å². The average molecular weight is 298 g/mol. The summed E-state index contributed by atoms with van der Waals surface area (Å²) in [6, 6.07) is 14.4. The van der Waals surface area contributed by atoms with Gasteiger partial charge in [-0.15, -0.1) is 0 Å². The van der Waals surface area contributed by atoms with Crippen LogP contribution in [0, 0.1) is 0 Å². The monoisotopic (exact) mass is 298 g/mol. The molecule has 0 spiro atoms. The molecule has 0 unspecified atom stereocenters. The third kappa shape index (κ3) is 2.52. The first-order valence-electron chi connectivity index (χ1n) is 6.86. The predicted molar refractivity (Wildman–Crippen MR) is 84.4 cm³/mol. The second kappa shape index (κ2) is 5.26. The molecular formula is C16H14N2O2S. The highest BCUT2D eigenvalue weighted by Crippen LogP contribution is 2.38. The maximum atomic E-state index is 5.39. The van der Waals surface area contributed by atoms with Crippen molar-refractivity contribution in [3.8, 4) is 11.5 Å². The summed E-state index contributed by atoms with van der Waals surface area (Å²) < 4.78 is 11.9. The molecule has 4 nitrogen and oxygen atoms in total. The van der Waals surface area contributed by atoms with E-state index in [2.05, 4.69) is 34.6 Å². The lowest BCUT2D eigenvalue weighted by atomic mass is 10.2. The Balaban J connectivity index is 1.47. The van der Waals surface area contributed by atoms with Crippen LogP contribution in [0.5, 0.6) is 11.5 Å². The third-order valence-electron chi connectivity index (χ3n) is 3.42. The van der Waals surface area contributed by atoms with E-state index in [1.165, 1.54) is 5.56 Å². The molecule has 2 heterocycles. The highest BCUT2D eigenvalue weighted by Gasteiger charge is 2.16. The molecule has 0 radical (unpaired) electrons. The molecule has 3 aromatic rings. The third-order valence-corrected chi connectivity index (χ3v) is 4.39. The van der Waals surface area contributed by atoms with Crippen molar-refractivity contribution in [3.05, 3.63) is 48.0 Å².